The van der Waals surface area contributed by atoms with Crippen LogP contribution in [0.4, 0.5) is 13.2 Å². The first-order valence-corrected chi connectivity index (χ1v) is 7.51. The first-order chi connectivity index (χ1) is 8.97. The van der Waals surface area contributed by atoms with Crippen LogP contribution in [0.15, 0.2) is 0 Å². The quantitative estimate of drug-likeness (QED) is 0.696. The van der Waals surface area contributed by atoms with E-state index < -0.39 is 12.6 Å². The third kappa shape index (κ3) is 9.27. The zero-order valence-corrected chi connectivity index (χ0v) is 11.9. The maximum Gasteiger partial charge on any atom is 0.389 e. The SMILES string of the molecule is CC(CC1CCCCCN1)NCCCCC(F)(F)F. The molecule has 1 rings (SSSR count). The van der Waals surface area contributed by atoms with Crippen LogP contribution in [0.1, 0.15) is 58.3 Å². The molecule has 0 aromatic heterocycles. The van der Waals surface area contributed by atoms with Gasteiger partial charge in [0.2, 0.25) is 0 Å². The molecule has 1 aliphatic rings. The second kappa shape index (κ2) is 8.80. The maximum absolute atomic E-state index is 12.0. The van der Waals surface area contributed by atoms with Crippen LogP contribution in [-0.4, -0.2) is 31.3 Å². The number of unbranched alkanes of at least 4 members (excludes halogenated alkanes) is 1. The van der Waals surface area contributed by atoms with Crippen LogP contribution in [0.5, 0.6) is 0 Å². The molecular weight excluding hydrogens is 253 g/mol. The van der Waals surface area contributed by atoms with Gasteiger partial charge in [0.05, 0.1) is 0 Å². The highest BCUT2D eigenvalue weighted by molar-refractivity contribution is 4.75. The Bertz CT molecular complexity index is 223. The zero-order valence-electron chi connectivity index (χ0n) is 11.9. The van der Waals surface area contributed by atoms with Crippen LogP contribution < -0.4 is 10.6 Å². The van der Waals surface area contributed by atoms with Crippen LogP contribution in [0.25, 0.3) is 0 Å². The first kappa shape index (κ1) is 16.8. The summed E-state index contributed by atoms with van der Waals surface area (Å²) in [6.45, 7) is 3.91. The summed E-state index contributed by atoms with van der Waals surface area (Å²) in [7, 11) is 0. The van der Waals surface area contributed by atoms with Crippen LogP contribution >= 0.6 is 0 Å². The number of alkyl halides is 3. The molecule has 114 valence electrons. The summed E-state index contributed by atoms with van der Waals surface area (Å²) in [5.41, 5.74) is 0. The Kier molecular flexibility index (Phi) is 7.76. The number of nitrogens with one attached hydrogen (secondary N) is 2. The molecule has 2 nitrogen and oxygen atoms in total. The molecule has 0 aromatic rings. The van der Waals surface area contributed by atoms with Crippen molar-refractivity contribution in [3.63, 3.8) is 0 Å². The summed E-state index contributed by atoms with van der Waals surface area (Å²) < 4.78 is 35.9. The molecule has 5 heteroatoms. The molecule has 2 atom stereocenters. The lowest BCUT2D eigenvalue weighted by Crippen LogP contribution is -2.37. The monoisotopic (exact) mass is 280 g/mol. The van der Waals surface area contributed by atoms with E-state index in [0.29, 0.717) is 25.0 Å². The van der Waals surface area contributed by atoms with Crippen molar-refractivity contribution < 1.29 is 13.2 Å². The molecule has 1 heterocycles. The van der Waals surface area contributed by atoms with Gasteiger partial charge in [-0.15, -0.1) is 0 Å². The molecule has 19 heavy (non-hydrogen) atoms. The van der Waals surface area contributed by atoms with Crippen molar-refractivity contribution in [3.05, 3.63) is 0 Å². The Morgan fingerprint density at radius 3 is 2.74 bits per heavy atom. The van der Waals surface area contributed by atoms with Crippen LogP contribution in [-0.2, 0) is 0 Å². The minimum Gasteiger partial charge on any atom is -0.314 e. The molecule has 0 spiro atoms. The number of halogens is 3. The largest absolute Gasteiger partial charge is 0.389 e. The van der Waals surface area contributed by atoms with Crippen molar-refractivity contribution in [3.8, 4) is 0 Å². The predicted molar refractivity (Wildman–Crippen MR) is 72.2 cm³/mol. The topological polar surface area (TPSA) is 24.1 Å². The Morgan fingerprint density at radius 2 is 2.00 bits per heavy atom. The van der Waals surface area contributed by atoms with Crippen LogP contribution in [0, 0.1) is 0 Å². The summed E-state index contributed by atoms with van der Waals surface area (Å²) >= 11 is 0. The normalized spacial score (nSPS) is 23.1. The van der Waals surface area contributed by atoms with Gasteiger partial charge >= 0.3 is 6.18 Å². The Balaban J connectivity index is 2.02. The van der Waals surface area contributed by atoms with Crippen molar-refractivity contribution in [2.45, 2.75) is 76.6 Å². The van der Waals surface area contributed by atoms with E-state index in [1.807, 2.05) is 0 Å². The molecule has 1 aliphatic heterocycles. The summed E-state index contributed by atoms with van der Waals surface area (Å²) in [4.78, 5) is 0. The van der Waals surface area contributed by atoms with Gasteiger partial charge in [0.15, 0.2) is 0 Å². The highest BCUT2D eigenvalue weighted by atomic mass is 19.4. The molecule has 0 aromatic carbocycles. The van der Waals surface area contributed by atoms with E-state index >= 15 is 0 Å². The van der Waals surface area contributed by atoms with E-state index in [1.165, 1.54) is 25.7 Å². The molecule has 0 radical (unpaired) electrons. The summed E-state index contributed by atoms with van der Waals surface area (Å²) in [6, 6.07) is 0.946. The average molecular weight is 280 g/mol. The molecule has 2 N–H and O–H groups in total. The molecule has 0 amide bonds. The van der Waals surface area contributed by atoms with Gasteiger partial charge in [0, 0.05) is 18.5 Å². The van der Waals surface area contributed by atoms with E-state index in [-0.39, 0.29) is 6.42 Å². The van der Waals surface area contributed by atoms with Gasteiger partial charge in [-0.05, 0) is 52.1 Å². The average Bonchev–Trinajstić information content (AvgIpc) is 2.55. The smallest absolute Gasteiger partial charge is 0.314 e. The lowest BCUT2D eigenvalue weighted by Gasteiger charge is -2.21. The molecule has 2 unspecified atom stereocenters. The van der Waals surface area contributed by atoms with E-state index in [1.54, 1.807) is 0 Å². The van der Waals surface area contributed by atoms with Crippen molar-refractivity contribution in [2.75, 3.05) is 13.1 Å². The lowest BCUT2D eigenvalue weighted by molar-refractivity contribution is -0.135. The second-order valence-corrected chi connectivity index (χ2v) is 5.66. The van der Waals surface area contributed by atoms with Gasteiger partial charge < -0.3 is 10.6 Å². The predicted octanol–water partition coefficient (Wildman–Crippen LogP) is 3.62. The Morgan fingerprint density at radius 1 is 1.21 bits per heavy atom. The van der Waals surface area contributed by atoms with Gasteiger partial charge in [-0.3, -0.25) is 0 Å². The molecule has 0 aliphatic carbocycles. The number of hydrogen-bond acceptors (Lipinski definition) is 2. The Labute approximate surface area is 114 Å². The number of rotatable bonds is 7. The van der Waals surface area contributed by atoms with Gasteiger partial charge in [-0.1, -0.05) is 12.8 Å². The number of hydrogen-bond donors (Lipinski definition) is 2. The standard InChI is InChI=1S/C14H27F3N2/c1-12(11-13-7-3-2-5-10-19-13)18-9-6-4-8-14(15,16)17/h12-13,18-19H,2-11H2,1H3. The zero-order chi connectivity index (χ0) is 14.1. The summed E-state index contributed by atoms with van der Waals surface area (Å²) in [5.74, 6) is 0. The van der Waals surface area contributed by atoms with Crippen LogP contribution in [0.2, 0.25) is 0 Å². The third-order valence-corrected chi connectivity index (χ3v) is 3.68. The second-order valence-electron chi connectivity index (χ2n) is 5.66. The van der Waals surface area contributed by atoms with Crippen molar-refractivity contribution in [1.82, 2.24) is 10.6 Å². The van der Waals surface area contributed by atoms with Crippen molar-refractivity contribution in [2.24, 2.45) is 0 Å². The first-order valence-electron chi connectivity index (χ1n) is 7.51. The fraction of sp³-hybridized carbons (Fsp3) is 1.00. The highest BCUT2D eigenvalue weighted by Gasteiger charge is 2.25. The Hall–Kier alpha value is -0.290. The van der Waals surface area contributed by atoms with Gasteiger partial charge in [0.1, 0.15) is 0 Å². The maximum atomic E-state index is 12.0. The fourth-order valence-corrected chi connectivity index (χ4v) is 2.61. The van der Waals surface area contributed by atoms with Gasteiger partial charge in [-0.2, -0.15) is 13.2 Å². The summed E-state index contributed by atoms with van der Waals surface area (Å²) in [6.07, 6.45) is 2.31. The molecule has 0 bridgehead atoms. The van der Waals surface area contributed by atoms with E-state index in [0.717, 1.165) is 13.0 Å². The lowest BCUT2D eigenvalue weighted by atomic mass is 10.0. The van der Waals surface area contributed by atoms with Gasteiger partial charge in [0.25, 0.3) is 0 Å². The van der Waals surface area contributed by atoms with E-state index in [4.69, 9.17) is 0 Å². The minimum absolute atomic E-state index is 0.227. The minimum atomic E-state index is -4.00. The molecule has 1 fully saturated rings. The molecule has 0 saturated carbocycles. The van der Waals surface area contributed by atoms with Gasteiger partial charge in [-0.25, -0.2) is 0 Å². The van der Waals surface area contributed by atoms with Crippen molar-refractivity contribution in [1.29, 1.82) is 0 Å². The third-order valence-electron chi connectivity index (χ3n) is 3.68. The fourth-order valence-electron chi connectivity index (χ4n) is 2.61. The molecular formula is C14H27F3N2. The van der Waals surface area contributed by atoms with E-state index in [2.05, 4.69) is 17.6 Å². The summed E-state index contributed by atoms with van der Waals surface area (Å²) in [5, 5.41) is 6.87. The molecule has 1 saturated heterocycles. The van der Waals surface area contributed by atoms with Crippen molar-refractivity contribution >= 4 is 0 Å². The van der Waals surface area contributed by atoms with Crippen LogP contribution in [0.3, 0.4) is 0 Å². The highest BCUT2D eigenvalue weighted by Crippen LogP contribution is 2.21. The van der Waals surface area contributed by atoms with E-state index in [9.17, 15) is 13.2 Å².